The molecule has 0 atom stereocenters. The summed E-state index contributed by atoms with van der Waals surface area (Å²) in [7, 11) is 1.50. The number of oxazole rings is 1. The minimum atomic E-state index is -0.529. The number of ether oxygens (including phenoxy) is 1. The van der Waals surface area contributed by atoms with Crippen LogP contribution < -0.4 is 15.4 Å². The highest BCUT2D eigenvalue weighted by atomic mass is 16.5. The molecule has 0 spiro atoms. The molecule has 8 heteroatoms. The van der Waals surface area contributed by atoms with Crippen LogP contribution in [0.25, 0.3) is 0 Å². The number of furan rings is 1. The molecule has 8 nitrogen and oxygen atoms in total. The van der Waals surface area contributed by atoms with Crippen LogP contribution in [-0.4, -0.2) is 23.9 Å². The number of para-hydroxylation sites is 2. The molecule has 0 unspecified atom stereocenters. The third-order valence-corrected chi connectivity index (χ3v) is 3.06. The second-order valence-electron chi connectivity index (χ2n) is 4.62. The Labute approximate surface area is 136 Å². The lowest BCUT2D eigenvalue weighted by Gasteiger charge is -2.08. The lowest BCUT2D eigenvalue weighted by molar-refractivity contribution is 0.0990. The van der Waals surface area contributed by atoms with Crippen LogP contribution in [0.3, 0.4) is 0 Å². The molecule has 2 aromatic heterocycles. The molecule has 2 amide bonds. The van der Waals surface area contributed by atoms with E-state index in [0.717, 1.165) is 6.26 Å². The number of aromatic nitrogens is 1. The molecule has 3 aromatic rings. The first-order valence-electron chi connectivity index (χ1n) is 6.92. The zero-order chi connectivity index (χ0) is 16.9. The van der Waals surface area contributed by atoms with E-state index >= 15 is 0 Å². The molecular weight excluding hydrogens is 314 g/mol. The van der Waals surface area contributed by atoms with E-state index < -0.39 is 11.8 Å². The van der Waals surface area contributed by atoms with Gasteiger partial charge in [-0.3, -0.25) is 14.9 Å². The molecule has 0 radical (unpaired) electrons. The second-order valence-corrected chi connectivity index (χ2v) is 4.62. The number of hydrogen-bond acceptors (Lipinski definition) is 6. The van der Waals surface area contributed by atoms with Crippen LogP contribution in [0.2, 0.25) is 0 Å². The van der Waals surface area contributed by atoms with Gasteiger partial charge in [-0.1, -0.05) is 12.1 Å². The van der Waals surface area contributed by atoms with Gasteiger partial charge in [0.2, 0.25) is 0 Å². The first-order valence-corrected chi connectivity index (χ1v) is 6.92. The Balaban J connectivity index is 1.68. The number of nitrogens with zero attached hydrogens (tertiary/aromatic N) is 1. The Kier molecular flexibility index (Phi) is 4.28. The molecule has 2 heterocycles. The van der Waals surface area contributed by atoms with Crippen molar-refractivity contribution in [3.05, 3.63) is 60.4 Å². The van der Waals surface area contributed by atoms with Crippen LogP contribution in [0, 0.1) is 0 Å². The molecule has 0 aliphatic heterocycles. The van der Waals surface area contributed by atoms with Gasteiger partial charge in [-0.05, 0) is 24.3 Å². The topological polar surface area (TPSA) is 107 Å². The predicted molar refractivity (Wildman–Crippen MR) is 84.1 cm³/mol. The van der Waals surface area contributed by atoms with Gasteiger partial charge in [0.1, 0.15) is 12.0 Å². The lowest BCUT2D eigenvalue weighted by Crippen LogP contribution is -2.14. The van der Waals surface area contributed by atoms with E-state index in [9.17, 15) is 9.59 Å². The van der Waals surface area contributed by atoms with Crippen molar-refractivity contribution in [2.75, 3.05) is 17.7 Å². The van der Waals surface area contributed by atoms with E-state index in [0.29, 0.717) is 11.4 Å². The fraction of sp³-hybridized carbons (Fsp3) is 0.0625. The van der Waals surface area contributed by atoms with Crippen molar-refractivity contribution in [1.29, 1.82) is 0 Å². The van der Waals surface area contributed by atoms with Crippen molar-refractivity contribution < 1.29 is 23.2 Å². The molecule has 0 saturated carbocycles. The molecule has 3 rings (SSSR count). The number of hydrogen-bond donors (Lipinski definition) is 2. The van der Waals surface area contributed by atoms with Gasteiger partial charge in [0.25, 0.3) is 11.8 Å². The summed E-state index contributed by atoms with van der Waals surface area (Å²) in [5.74, 6) is -0.408. The number of methoxy groups -OCH3 is 1. The third kappa shape index (κ3) is 3.27. The number of amides is 2. The molecule has 0 aliphatic rings. The zero-order valence-electron chi connectivity index (χ0n) is 12.6. The zero-order valence-corrected chi connectivity index (χ0v) is 12.6. The minimum Gasteiger partial charge on any atom is -0.495 e. The Morgan fingerprint density at radius 2 is 1.88 bits per heavy atom. The first-order chi connectivity index (χ1) is 11.7. The smallest absolute Gasteiger partial charge is 0.302 e. The van der Waals surface area contributed by atoms with Crippen LogP contribution in [0.4, 0.5) is 11.7 Å². The summed E-state index contributed by atoms with van der Waals surface area (Å²) in [5, 5.41) is 5.05. The van der Waals surface area contributed by atoms with E-state index in [-0.39, 0.29) is 17.5 Å². The summed E-state index contributed by atoms with van der Waals surface area (Å²) in [5.41, 5.74) is 0.504. The summed E-state index contributed by atoms with van der Waals surface area (Å²) < 4.78 is 15.2. The monoisotopic (exact) mass is 327 g/mol. The Morgan fingerprint density at radius 3 is 2.62 bits per heavy atom. The predicted octanol–water partition coefficient (Wildman–Crippen LogP) is 2.78. The van der Waals surface area contributed by atoms with E-state index in [1.54, 1.807) is 30.3 Å². The Hall–Kier alpha value is -3.55. The molecular formula is C16H13N3O5. The van der Waals surface area contributed by atoms with Gasteiger partial charge in [-0.15, -0.1) is 0 Å². The molecule has 0 bridgehead atoms. The number of benzene rings is 1. The molecule has 122 valence electrons. The summed E-state index contributed by atoms with van der Waals surface area (Å²) in [6.07, 6.45) is 2.51. The SMILES string of the molecule is COc1ccccc1NC(=O)c1coc(NC(=O)c2ccco2)n1. The maximum Gasteiger partial charge on any atom is 0.302 e. The van der Waals surface area contributed by atoms with Crippen molar-refractivity contribution in [3.63, 3.8) is 0 Å². The Morgan fingerprint density at radius 1 is 1.04 bits per heavy atom. The number of carbonyl (C=O) groups excluding carboxylic acids is 2. The fourth-order valence-corrected chi connectivity index (χ4v) is 1.94. The fourth-order valence-electron chi connectivity index (χ4n) is 1.94. The van der Waals surface area contributed by atoms with Crippen LogP contribution in [0.1, 0.15) is 21.0 Å². The van der Waals surface area contributed by atoms with Gasteiger partial charge in [0.05, 0.1) is 19.1 Å². The summed E-state index contributed by atoms with van der Waals surface area (Å²) in [6, 6.07) is 9.91. The van der Waals surface area contributed by atoms with Gasteiger partial charge in [-0.2, -0.15) is 4.98 Å². The van der Waals surface area contributed by atoms with Gasteiger partial charge in [-0.25, -0.2) is 0 Å². The number of nitrogens with one attached hydrogen (secondary N) is 2. The van der Waals surface area contributed by atoms with Gasteiger partial charge < -0.3 is 18.9 Å². The maximum atomic E-state index is 12.2. The highest BCUT2D eigenvalue weighted by molar-refractivity contribution is 6.04. The summed E-state index contributed by atoms with van der Waals surface area (Å²) >= 11 is 0. The highest BCUT2D eigenvalue weighted by Gasteiger charge is 2.17. The Bertz CT molecular complexity index is 854. The van der Waals surface area contributed by atoms with Gasteiger partial charge in [0, 0.05) is 0 Å². The first kappa shape index (κ1) is 15.3. The van der Waals surface area contributed by atoms with Crippen molar-refractivity contribution in [3.8, 4) is 5.75 Å². The van der Waals surface area contributed by atoms with Gasteiger partial charge >= 0.3 is 6.01 Å². The molecule has 0 fully saturated rings. The lowest BCUT2D eigenvalue weighted by atomic mass is 10.3. The molecule has 0 saturated heterocycles. The molecule has 2 N–H and O–H groups in total. The third-order valence-electron chi connectivity index (χ3n) is 3.06. The van der Waals surface area contributed by atoms with Crippen molar-refractivity contribution in [2.45, 2.75) is 0 Å². The summed E-state index contributed by atoms with van der Waals surface area (Å²) in [4.78, 5) is 27.9. The van der Waals surface area contributed by atoms with E-state index in [1.807, 2.05) is 0 Å². The van der Waals surface area contributed by atoms with E-state index in [2.05, 4.69) is 15.6 Å². The van der Waals surface area contributed by atoms with Crippen LogP contribution >= 0.6 is 0 Å². The molecule has 24 heavy (non-hydrogen) atoms. The van der Waals surface area contributed by atoms with Crippen molar-refractivity contribution in [1.82, 2.24) is 4.98 Å². The number of carbonyl (C=O) groups is 2. The largest absolute Gasteiger partial charge is 0.495 e. The average Bonchev–Trinajstić information content (AvgIpc) is 3.27. The normalized spacial score (nSPS) is 10.2. The average molecular weight is 327 g/mol. The molecule has 1 aromatic carbocycles. The van der Waals surface area contributed by atoms with Crippen LogP contribution in [0.5, 0.6) is 5.75 Å². The minimum absolute atomic E-state index is 0.00986. The van der Waals surface area contributed by atoms with Crippen LogP contribution in [-0.2, 0) is 0 Å². The van der Waals surface area contributed by atoms with E-state index in [1.165, 1.54) is 19.4 Å². The molecule has 0 aliphatic carbocycles. The maximum absolute atomic E-state index is 12.2. The second kappa shape index (κ2) is 6.69. The standard InChI is InChI=1S/C16H13N3O5/c1-22-12-6-3-2-5-10(12)17-14(20)11-9-24-16(18-11)19-15(21)13-7-4-8-23-13/h2-9H,1H3,(H,17,20)(H,18,19,21). The van der Waals surface area contributed by atoms with Crippen LogP contribution in [0.15, 0.2) is 57.8 Å². The quantitative estimate of drug-likeness (QED) is 0.746. The summed E-state index contributed by atoms with van der Waals surface area (Å²) in [6.45, 7) is 0. The van der Waals surface area contributed by atoms with Crippen molar-refractivity contribution >= 4 is 23.5 Å². The van der Waals surface area contributed by atoms with Crippen molar-refractivity contribution in [2.24, 2.45) is 0 Å². The number of rotatable bonds is 5. The van der Waals surface area contributed by atoms with Gasteiger partial charge in [0.15, 0.2) is 11.5 Å². The van der Waals surface area contributed by atoms with E-state index in [4.69, 9.17) is 13.6 Å². The number of anilines is 2. The highest BCUT2D eigenvalue weighted by Crippen LogP contribution is 2.23.